The lowest BCUT2D eigenvalue weighted by molar-refractivity contribution is -0.384. The van der Waals surface area contributed by atoms with Gasteiger partial charge in [0.15, 0.2) is 4.77 Å². The first-order chi connectivity index (χ1) is 15.9. The summed E-state index contributed by atoms with van der Waals surface area (Å²) in [5.41, 5.74) is 1.63. The van der Waals surface area contributed by atoms with Gasteiger partial charge in [0.1, 0.15) is 5.56 Å². The number of para-hydroxylation sites is 1. The maximum Gasteiger partial charge on any atom is 0.269 e. The van der Waals surface area contributed by atoms with Crippen molar-refractivity contribution >= 4 is 41.1 Å². The summed E-state index contributed by atoms with van der Waals surface area (Å²) in [6, 6.07) is 14.0. The van der Waals surface area contributed by atoms with Crippen LogP contribution in [0.1, 0.15) is 42.6 Å². The van der Waals surface area contributed by atoms with Gasteiger partial charge < -0.3 is 5.11 Å². The maximum absolute atomic E-state index is 12.9. The number of nitrogens with zero attached hydrogens (tertiary/aromatic N) is 3. The Morgan fingerprint density at radius 3 is 2.70 bits per heavy atom. The normalized spacial score (nSPS) is 15.4. The molecular formula is C23H22N4O4S2. The molecule has 33 heavy (non-hydrogen) atoms. The van der Waals surface area contributed by atoms with E-state index in [4.69, 9.17) is 17.2 Å². The number of H-pyrrole nitrogens is 1. The fraction of sp³-hybridized carbons (Fsp3) is 0.261. The van der Waals surface area contributed by atoms with Crippen molar-refractivity contribution in [2.75, 3.05) is 0 Å². The molecule has 0 radical (unpaired) electrons. The molecule has 0 unspecified atom stereocenters. The molecule has 0 fully saturated rings. The fourth-order valence-electron chi connectivity index (χ4n) is 3.71. The number of non-ortho nitro benzene ring substituents is 1. The summed E-state index contributed by atoms with van der Waals surface area (Å²) in [7, 11) is 0. The zero-order valence-electron chi connectivity index (χ0n) is 17.9. The predicted octanol–water partition coefficient (Wildman–Crippen LogP) is 5.68. The molecule has 0 spiro atoms. The maximum atomic E-state index is 12.9. The molecule has 170 valence electrons. The van der Waals surface area contributed by atoms with Crippen LogP contribution in [0.25, 0.3) is 0 Å². The number of benzene rings is 2. The van der Waals surface area contributed by atoms with Crippen molar-refractivity contribution in [1.82, 2.24) is 9.55 Å². The van der Waals surface area contributed by atoms with Crippen molar-refractivity contribution in [2.45, 2.75) is 42.9 Å². The topological polar surface area (TPSA) is 114 Å². The molecule has 8 nitrogen and oxygen atoms in total. The van der Waals surface area contributed by atoms with Crippen LogP contribution in [-0.4, -0.2) is 25.3 Å². The van der Waals surface area contributed by atoms with Crippen molar-refractivity contribution in [3.63, 3.8) is 0 Å². The molecule has 2 aromatic carbocycles. The van der Waals surface area contributed by atoms with Gasteiger partial charge in [0.05, 0.1) is 16.3 Å². The Kier molecular flexibility index (Phi) is 6.75. The van der Waals surface area contributed by atoms with Gasteiger partial charge in [-0.1, -0.05) is 37.6 Å². The highest BCUT2D eigenvalue weighted by Gasteiger charge is 2.27. The highest BCUT2D eigenvalue weighted by Crippen LogP contribution is 2.46. The van der Waals surface area contributed by atoms with E-state index in [0.29, 0.717) is 24.4 Å². The van der Waals surface area contributed by atoms with Crippen molar-refractivity contribution in [3.8, 4) is 5.88 Å². The van der Waals surface area contributed by atoms with Crippen LogP contribution in [-0.2, 0) is 6.54 Å². The largest absolute Gasteiger partial charge is 0.494 e. The highest BCUT2D eigenvalue weighted by molar-refractivity contribution is 7.99. The average molecular weight is 483 g/mol. The zero-order valence-corrected chi connectivity index (χ0v) is 19.5. The third kappa shape index (κ3) is 4.76. The first-order valence-electron chi connectivity index (χ1n) is 10.5. The third-order valence-electron chi connectivity index (χ3n) is 5.44. The van der Waals surface area contributed by atoms with Gasteiger partial charge in [-0.2, -0.15) is 0 Å². The Morgan fingerprint density at radius 2 is 2.00 bits per heavy atom. The molecule has 0 saturated heterocycles. The van der Waals surface area contributed by atoms with Crippen LogP contribution in [0.5, 0.6) is 5.88 Å². The van der Waals surface area contributed by atoms with E-state index in [1.165, 1.54) is 16.7 Å². The molecule has 0 bridgehead atoms. The zero-order chi connectivity index (χ0) is 23.5. The molecule has 2 heterocycles. The van der Waals surface area contributed by atoms with Gasteiger partial charge in [0.2, 0.25) is 5.88 Å². The quantitative estimate of drug-likeness (QED) is 0.266. The number of nitrogens with one attached hydrogen (secondary N) is 1. The number of fused-ring (bicyclic) bond motifs is 1. The van der Waals surface area contributed by atoms with E-state index in [9.17, 15) is 20.0 Å². The van der Waals surface area contributed by atoms with E-state index in [0.717, 1.165) is 23.3 Å². The lowest BCUT2D eigenvalue weighted by Gasteiger charge is -2.17. The first kappa shape index (κ1) is 22.9. The van der Waals surface area contributed by atoms with Crippen LogP contribution in [0.15, 0.2) is 63.2 Å². The van der Waals surface area contributed by atoms with Crippen LogP contribution in [0.3, 0.4) is 0 Å². The second kappa shape index (κ2) is 9.72. The number of hydrogen-bond donors (Lipinski definition) is 2. The molecule has 1 aromatic heterocycles. The molecule has 4 rings (SSSR count). The van der Waals surface area contributed by atoms with Crippen LogP contribution in [0.2, 0.25) is 0 Å². The van der Waals surface area contributed by atoms with E-state index in [1.807, 2.05) is 31.2 Å². The summed E-state index contributed by atoms with van der Waals surface area (Å²) in [5.74, 6) is -0.192. The number of aromatic nitrogens is 2. The van der Waals surface area contributed by atoms with E-state index in [1.54, 1.807) is 23.9 Å². The number of rotatable bonds is 6. The monoisotopic (exact) mass is 482 g/mol. The van der Waals surface area contributed by atoms with Crippen molar-refractivity contribution in [1.29, 1.82) is 0 Å². The average Bonchev–Trinajstić information content (AvgIpc) is 2.98. The number of unbranched alkanes of at least 4 members (excludes halogenated alkanes) is 1. The summed E-state index contributed by atoms with van der Waals surface area (Å²) in [4.78, 5) is 31.9. The molecule has 3 aromatic rings. The van der Waals surface area contributed by atoms with E-state index < -0.39 is 10.5 Å². The molecule has 1 aliphatic rings. The number of nitro groups is 1. The summed E-state index contributed by atoms with van der Waals surface area (Å²) in [6.07, 6.45) is 2.05. The van der Waals surface area contributed by atoms with Crippen molar-refractivity contribution in [3.05, 3.63) is 84.9 Å². The second-order valence-corrected chi connectivity index (χ2v) is 9.28. The van der Waals surface area contributed by atoms with E-state index in [2.05, 4.69) is 4.98 Å². The van der Waals surface area contributed by atoms with Gasteiger partial charge in [-0.05, 0) is 36.3 Å². The van der Waals surface area contributed by atoms with Crippen molar-refractivity contribution in [2.24, 2.45) is 4.99 Å². The molecule has 1 atom stereocenters. The van der Waals surface area contributed by atoms with Gasteiger partial charge in [-0.25, -0.2) is 0 Å². The smallest absolute Gasteiger partial charge is 0.269 e. The summed E-state index contributed by atoms with van der Waals surface area (Å²) < 4.78 is 1.70. The minimum atomic E-state index is -0.490. The Hall–Kier alpha value is -3.24. The van der Waals surface area contributed by atoms with Gasteiger partial charge in [-0.3, -0.25) is 29.5 Å². The van der Waals surface area contributed by atoms with Crippen molar-refractivity contribution < 1.29 is 10.0 Å². The third-order valence-corrected chi connectivity index (χ3v) is 7.09. The van der Waals surface area contributed by atoms with Crippen LogP contribution < -0.4 is 5.56 Å². The molecule has 0 amide bonds. The number of nitro benzene ring substituents is 1. The Balaban J connectivity index is 1.84. The number of aliphatic imine (C=N–C) groups is 1. The second-order valence-electron chi connectivity index (χ2n) is 7.65. The molecule has 10 heteroatoms. The van der Waals surface area contributed by atoms with Gasteiger partial charge in [0.25, 0.3) is 11.2 Å². The lowest BCUT2D eigenvalue weighted by Crippen LogP contribution is -2.24. The van der Waals surface area contributed by atoms with Crippen LogP contribution in [0, 0.1) is 14.9 Å². The number of aromatic amines is 1. The lowest BCUT2D eigenvalue weighted by atomic mass is 10.0. The number of hydrogen-bond acceptors (Lipinski definition) is 7. The SMILES string of the molecule is CCCCn1c(O)c(C2=Nc3ccccc3S[C@@H](c3ccc([N+](=O)[O-])cc3)C2)c(=O)[nH]c1=S. The van der Waals surface area contributed by atoms with Gasteiger partial charge >= 0.3 is 0 Å². The van der Waals surface area contributed by atoms with Crippen LogP contribution >= 0.6 is 24.0 Å². The minimum absolute atomic E-state index is 0.0127. The predicted molar refractivity (Wildman–Crippen MR) is 131 cm³/mol. The van der Waals surface area contributed by atoms with Gasteiger partial charge in [0, 0.05) is 35.2 Å². The number of aromatic hydroxyl groups is 1. The molecule has 2 N–H and O–H groups in total. The summed E-state index contributed by atoms with van der Waals surface area (Å²) >= 11 is 6.84. The highest BCUT2D eigenvalue weighted by atomic mass is 32.2. The first-order valence-corrected chi connectivity index (χ1v) is 11.8. The molecular weight excluding hydrogens is 460 g/mol. The standard InChI is InChI=1S/C23H22N4O4S2/c1-2-3-12-26-22(29)20(21(28)25-23(26)32)17-13-19(14-8-10-15(11-9-14)27(30)31)33-18-7-5-4-6-16(18)24-17/h4-11,19,29H,2-3,12-13H2,1H3,(H,25,28,32)/t19-/m1/s1. The Bertz CT molecular complexity index is 1350. The number of thioether (sulfide) groups is 1. The molecule has 0 saturated carbocycles. The fourth-order valence-corrected chi connectivity index (χ4v) is 5.21. The van der Waals surface area contributed by atoms with Crippen LogP contribution in [0.4, 0.5) is 11.4 Å². The molecule has 0 aliphatic carbocycles. The molecule has 1 aliphatic heterocycles. The Morgan fingerprint density at radius 1 is 1.27 bits per heavy atom. The van der Waals surface area contributed by atoms with E-state index >= 15 is 0 Å². The van der Waals surface area contributed by atoms with E-state index in [-0.39, 0.29) is 27.2 Å². The minimum Gasteiger partial charge on any atom is -0.494 e. The summed E-state index contributed by atoms with van der Waals surface area (Å²) in [5, 5.41) is 21.9. The Labute approximate surface area is 199 Å². The van der Waals surface area contributed by atoms with Gasteiger partial charge in [-0.15, -0.1) is 11.8 Å². The summed E-state index contributed by atoms with van der Waals surface area (Å²) in [6.45, 7) is 2.51.